The van der Waals surface area contributed by atoms with Gasteiger partial charge in [0, 0.05) is 0 Å². The lowest BCUT2D eigenvalue weighted by molar-refractivity contribution is -0.158. The van der Waals surface area contributed by atoms with E-state index in [2.05, 4.69) is 4.74 Å². The molecule has 0 bridgehead atoms. The standard InChI is InChI=1S/C9H14F2O2/c10-8(11)9(12)13-6-7-4-2-1-3-5-7/h7-8H,1-6H2. The molecule has 0 saturated heterocycles. The van der Waals surface area contributed by atoms with E-state index in [0.717, 1.165) is 25.7 Å². The topological polar surface area (TPSA) is 26.3 Å². The summed E-state index contributed by atoms with van der Waals surface area (Å²) < 4.78 is 27.9. The highest BCUT2D eigenvalue weighted by Crippen LogP contribution is 2.23. The summed E-state index contributed by atoms with van der Waals surface area (Å²) in [7, 11) is 0. The van der Waals surface area contributed by atoms with E-state index >= 15 is 0 Å². The molecule has 0 aromatic rings. The number of carbonyl (C=O) groups is 1. The van der Waals surface area contributed by atoms with E-state index in [1.807, 2.05) is 0 Å². The number of ether oxygens (including phenoxy) is 1. The fourth-order valence-electron chi connectivity index (χ4n) is 1.62. The number of alkyl halides is 2. The molecule has 0 spiro atoms. The van der Waals surface area contributed by atoms with Crippen LogP contribution in [0.25, 0.3) is 0 Å². The van der Waals surface area contributed by atoms with E-state index in [0.29, 0.717) is 5.92 Å². The Bertz CT molecular complexity index is 165. The third-order valence-electron chi connectivity index (χ3n) is 2.36. The number of carbonyl (C=O) groups excluding carboxylic acids is 1. The van der Waals surface area contributed by atoms with Crippen LogP contribution in [0.4, 0.5) is 8.78 Å². The first-order valence-corrected chi connectivity index (χ1v) is 4.65. The van der Waals surface area contributed by atoms with Gasteiger partial charge in [-0.2, -0.15) is 8.78 Å². The third kappa shape index (κ3) is 3.70. The molecule has 0 amide bonds. The Labute approximate surface area is 76.3 Å². The molecule has 4 heteroatoms. The molecule has 0 N–H and O–H groups in total. The summed E-state index contributed by atoms with van der Waals surface area (Å²) in [5.41, 5.74) is 0. The highest BCUT2D eigenvalue weighted by atomic mass is 19.3. The van der Waals surface area contributed by atoms with Gasteiger partial charge in [-0.3, -0.25) is 0 Å². The summed E-state index contributed by atoms with van der Waals surface area (Å²) in [6, 6.07) is 0. The SMILES string of the molecule is O=C(OCC1CCCCC1)C(F)F. The van der Waals surface area contributed by atoms with Gasteiger partial charge in [0.05, 0.1) is 6.61 Å². The number of halogens is 2. The molecule has 1 fully saturated rings. The Balaban J connectivity index is 2.13. The van der Waals surface area contributed by atoms with Crippen LogP contribution in [0.2, 0.25) is 0 Å². The van der Waals surface area contributed by atoms with Crippen molar-refractivity contribution in [2.75, 3.05) is 6.61 Å². The van der Waals surface area contributed by atoms with E-state index in [1.165, 1.54) is 6.42 Å². The summed E-state index contributed by atoms with van der Waals surface area (Å²) in [6.07, 6.45) is 2.46. The van der Waals surface area contributed by atoms with E-state index in [-0.39, 0.29) is 6.61 Å². The third-order valence-corrected chi connectivity index (χ3v) is 2.36. The van der Waals surface area contributed by atoms with E-state index in [4.69, 9.17) is 0 Å². The molecule has 1 saturated carbocycles. The zero-order chi connectivity index (χ0) is 9.68. The number of hydrogen-bond acceptors (Lipinski definition) is 2. The molecule has 0 aromatic carbocycles. The average Bonchev–Trinajstić information content (AvgIpc) is 2.15. The minimum absolute atomic E-state index is 0.170. The maximum absolute atomic E-state index is 11.7. The van der Waals surface area contributed by atoms with E-state index in [1.54, 1.807) is 0 Å². The van der Waals surface area contributed by atoms with Crippen molar-refractivity contribution >= 4 is 5.97 Å². The number of rotatable bonds is 3. The van der Waals surface area contributed by atoms with Crippen LogP contribution in [0.5, 0.6) is 0 Å². The second kappa shape index (κ2) is 5.14. The van der Waals surface area contributed by atoms with Crippen LogP contribution >= 0.6 is 0 Å². The minimum atomic E-state index is -2.98. The van der Waals surface area contributed by atoms with Gasteiger partial charge < -0.3 is 4.74 Å². The molecule has 1 rings (SSSR count). The van der Waals surface area contributed by atoms with Gasteiger partial charge in [0.1, 0.15) is 0 Å². The van der Waals surface area contributed by atoms with Crippen molar-refractivity contribution in [3.63, 3.8) is 0 Å². The Morgan fingerprint density at radius 3 is 2.46 bits per heavy atom. The molecule has 76 valence electrons. The van der Waals surface area contributed by atoms with Crippen molar-refractivity contribution < 1.29 is 18.3 Å². The molecule has 0 aromatic heterocycles. The summed E-state index contributed by atoms with van der Waals surface area (Å²) in [5.74, 6) is -1.08. The van der Waals surface area contributed by atoms with Crippen molar-refractivity contribution in [1.82, 2.24) is 0 Å². The van der Waals surface area contributed by atoms with Crippen molar-refractivity contribution in [2.45, 2.75) is 38.5 Å². The van der Waals surface area contributed by atoms with Crippen molar-refractivity contribution in [3.05, 3.63) is 0 Å². The van der Waals surface area contributed by atoms with Crippen LogP contribution in [-0.2, 0) is 9.53 Å². The second-order valence-electron chi connectivity index (χ2n) is 3.43. The van der Waals surface area contributed by atoms with Gasteiger partial charge in [0.2, 0.25) is 0 Å². The van der Waals surface area contributed by atoms with Gasteiger partial charge in [0.25, 0.3) is 0 Å². The molecule has 0 unspecified atom stereocenters. The molecular formula is C9H14F2O2. The Morgan fingerprint density at radius 2 is 1.92 bits per heavy atom. The van der Waals surface area contributed by atoms with Gasteiger partial charge in [-0.05, 0) is 18.8 Å². The minimum Gasteiger partial charge on any atom is -0.461 e. The van der Waals surface area contributed by atoms with Crippen LogP contribution in [0.3, 0.4) is 0 Å². The zero-order valence-corrected chi connectivity index (χ0v) is 7.47. The quantitative estimate of drug-likeness (QED) is 0.642. The summed E-state index contributed by atoms with van der Waals surface area (Å²) >= 11 is 0. The van der Waals surface area contributed by atoms with Crippen LogP contribution in [0, 0.1) is 5.92 Å². The van der Waals surface area contributed by atoms with Crippen molar-refractivity contribution in [2.24, 2.45) is 5.92 Å². The van der Waals surface area contributed by atoms with Gasteiger partial charge in [-0.25, -0.2) is 4.79 Å². The lowest BCUT2D eigenvalue weighted by atomic mass is 9.90. The number of hydrogen-bond donors (Lipinski definition) is 0. The Morgan fingerprint density at radius 1 is 1.31 bits per heavy atom. The van der Waals surface area contributed by atoms with E-state index < -0.39 is 12.4 Å². The smallest absolute Gasteiger partial charge is 0.373 e. The first kappa shape index (κ1) is 10.4. The monoisotopic (exact) mass is 192 g/mol. The summed E-state index contributed by atoms with van der Waals surface area (Å²) in [4.78, 5) is 10.4. The molecule has 1 aliphatic carbocycles. The van der Waals surface area contributed by atoms with Crippen LogP contribution in [0.15, 0.2) is 0 Å². The summed E-state index contributed by atoms with van der Waals surface area (Å²) in [5, 5.41) is 0. The molecule has 1 aliphatic rings. The molecule has 13 heavy (non-hydrogen) atoms. The predicted octanol–water partition coefficient (Wildman–Crippen LogP) is 2.38. The molecular weight excluding hydrogens is 178 g/mol. The maximum atomic E-state index is 11.7. The maximum Gasteiger partial charge on any atom is 0.373 e. The van der Waals surface area contributed by atoms with Crippen LogP contribution in [0.1, 0.15) is 32.1 Å². The first-order valence-electron chi connectivity index (χ1n) is 4.65. The summed E-state index contributed by atoms with van der Waals surface area (Å²) in [6.45, 7) is 0.170. The van der Waals surface area contributed by atoms with Gasteiger partial charge >= 0.3 is 12.4 Å². The first-order chi connectivity index (χ1) is 6.20. The van der Waals surface area contributed by atoms with Crippen LogP contribution < -0.4 is 0 Å². The normalized spacial score (nSPS) is 19.0. The van der Waals surface area contributed by atoms with Crippen molar-refractivity contribution in [3.8, 4) is 0 Å². The highest BCUT2D eigenvalue weighted by Gasteiger charge is 2.20. The fraction of sp³-hybridized carbons (Fsp3) is 0.889. The predicted molar refractivity (Wildman–Crippen MR) is 43.5 cm³/mol. The van der Waals surface area contributed by atoms with Crippen LogP contribution in [-0.4, -0.2) is 19.0 Å². The molecule has 0 radical (unpaired) electrons. The zero-order valence-electron chi connectivity index (χ0n) is 7.47. The molecule has 0 aliphatic heterocycles. The molecule has 2 nitrogen and oxygen atoms in total. The van der Waals surface area contributed by atoms with E-state index in [9.17, 15) is 13.6 Å². The number of esters is 1. The Hall–Kier alpha value is -0.670. The largest absolute Gasteiger partial charge is 0.461 e. The van der Waals surface area contributed by atoms with Gasteiger partial charge in [-0.1, -0.05) is 19.3 Å². The molecule has 0 atom stereocenters. The Kier molecular flexibility index (Phi) is 4.12. The van der Waals surface area contributed by atoms with Gasteiger partial charge in [-0.15, -0.1) is 0 Å². The lowest BCUT2D eigenvalue weighted by Gasteiger charge is -2.20. The average molecular weight is 192 g/mol. The lowest BCUT2D eigenvalue weighted by Crippen LogP contribution is -2.20. The van der Waals surface area contributed by atoms with Crippen molar-refractivity contribution in [1.29, 1.82) is 0 Å². The fourth-order valence-corrected chi connectivity index (χ4v) is 1.62. The highest BCUT2D eigenvalue weighted by molar-refractivity contribution is 5.72. The molecule has 0 heterocycles. The van der Waals surface area contributed by atoms with Gasteiger partial charge in [0.15, 0.2) is 0 Å². The second-order valence-corrected chi connectivity index (χ2v) is 3.43.